The molecule has 0 bridgehead atoms. The number of piperidine rings is 1. The van der Waals surface area contributed by atoms with E-state index in [1.807, 2.05) is 6.92 Å². The van der Waals surface area contributed by atoms with Crippen LogP contribution in [0.4, 0.5) is 0 Å². The molecule has 2 heterocycles. The molecule has 2 fully saturated rings. The van der Waals surface area contributed by atoms with E-state index in [1.54, 1.807) is 9.21 Å². The standard InChI is InChI=1S/C16H28N4O4S/c1-3-15(21)17-8-7-16(22)18-10-12-19(13-11-18)25(23,24)20-9-5-4-6-14(20)2/h3,14H,1,4-13H2,2H3,(H,17,21). The second kappa shape index (κ2) is 8.77. The maximum atomic E-state index is 12.8. The van der Waals surface area contributed by atoms with Gasteiger partial charge in [0.15, 0.2) is 0 Å². The molecule has 2 amide bonds. The number of amides is 2. The molecule has 0 aromatic rings. The van der Waals surface area contributed by atoms with Crippen molar-refractivity contribution in [2.24, 2.45) is 0 Å². The Morgan fingerprint density at radius 1 is 1.16 bits per heavy atom. The summed E-state index contributed by atoms with van der Waals surface area (Å²) in [5.41, 5.74) is 0. The monoisotopic (exact) mass is 372 g/mol. The third-order valence-electron chi connectivity index (χ3n) is 4.78. The molecule has 1 atom stereocenters. The van der Waals surface area contributed by atoms with Gasteiger partial charge in [-0.1, -0.05) is 13.0 Å². The molecular formula is C16H28N4O4S. The molecular weight excluding hydrogens is 344 g/mol. The van der Waals surface area contributed by atoms with Crippen LogP contribution in [0.1, 0.15) is 32.6 Å². The molecule has 142 valence electrons. The lowest BCUT2D eigenvalue weighted by molar-refractivity contribution is -0.132. The van der Waals surface area contributed by atoms with E-state index in [0.717, 1.165) is 25.3 Å². The minimum absolute atomic E-state index is 0.0342. The van der Waals surface area contributed by atoms with E-state index in [1.165, 1.54) is 4.31 Å². The van der Waals surface area contributed by atoms with Gasteiger partial charge < -0.3 is 10.2 Å². The fourth-order valence-electron chi connectivity index (χ4n) is 3.25. The third kappa shape index (κ3) is 5.02. The van der Waals surface area contributed by atoms with Gasteiger partial charge in [0.2, 0.25) is 11.8 Å². The molecule has 0 aromatic heterocycles. The van der Waals surface area contributed by atoms with Crippen LogP contribution in [0.15, 0.2) is 12.7 Å². The van der Waals surface area contributed by atoms with Gasteiger partial charge in [-0.25, -0.2) is 0 Å². The summed E-state index contributed by atoms with van der Waals surface area (Å²) in [7, 11) is -3.45. The molecule has 0 aliphatic carbocycles. The molecule has 25 heavy (non-hydrogen) atoms. The van der Waals surface area contributed by atoms with Crippen LogP contribution in [0, 0.1) is 0 Å². The van der Waals surface area contributed by atoms with E-state index in [2.05, 4.69) is 11.9 Å². The van der Waals surface area contributed by atoms with Crippen molar-refractivity contribution in [1.82, 2.24) is 18.8 Å². The van der Waals surface area contributed by atoms with Crippen LogP contribution in [0.25, 0.3) is 0 Å². The number of nitrogens with one attached hydrogen (secondary N) is 1. The first-order valence-corrected chi connectivity index (χ1v) is 10.2. The maximum absolute atomic E-state index is 12.8. The number of carbonyl (C=O) groups is 2. The summed E-state index contributed by atoms with van der Waals surface area (Å²) in [6, 6.07) is 0.0342. The number of hydrogen-bond acceptors (Lipinski definition) is 4. The largest absolute Gasteiger partial charge is 0.352 e. The van der Waals surface area contributed by atoms with E-state index in [0.29, 0.717) is 32.7 Å². The third-order valence-corrected chi connectivity index (χ3v) is 6.93. The Hall–Kier alpha value is -1.45. The van der Waals surface area contributed by atoms with Gasteiger partial charge in [-0.3, -0.25) is 9.59 Å². The normalized spacial score (nSPS) is 23.2. The van der Waals surface area contributed by atoms with Crippen molar-refractivity contribution in [1.29, 1.82) is 0 Å². The number of rotatable bonds is 6. The molecule has 0 saturated carbocycles. The predicted octanol–water partition coefficient (Wildman–Crippen LogP) is -0.0579. The van der Waals surface area contributed by atoms with Crippen molar-refractivity contribution in [3.8, 4) is 0 Å². The van der Waals surface area contributed by atoms with E-state index in [4.69, 9.17) is 0 Å². The molecule has 0 aromatic carbocycles. The zero-order valence-corrected chi connectivity index (χ0v) is 15.6. The average molecular weight is 372 g/mol. The van der Waals surface area contributed by atoms with Crippen LogP contribution in [-0.2, 0) is 19.8 Å². The van der Waals surface area contributed by atoms with Crippen molar-refractivity contribution >= 4 is 22.0 Å². The summed E-state index contributed by atoms with van der Waals surface area (Å²) in [4.78, 5) is 24.9. The van der Waals surface area contributed by atoms with Gasteiger partial charge in [-0.05, 0) is 25.8 Å². The van der Waals surface area contributed by atoms with Gasteiger partial charge in [-0.2, -0.15) is 17.0 Å². The van der Waals surface area contributed by atoms with Crippen molar-refractivity contribution in [3.63, 3.8) is 0 Å². The van der Waals surface area contributed by atoms with Crippen LogP contribution >= 0.6 is 0 Å². The molecule has 2 saturated heterocycles. The van der Waals surface area contributed by atoms with Crippen LogP contribution in [0.3, 0.4) is 0 Å². The number of nitrogens with zero attached hydrogens (tertiary/aromatic N) is 3. The number of piperazine rings is 1. The highest BCUT2D eigenvalue weighted by Gasteiger charge is 2.36. The lowest BCUT2D eigenvalue weighted by atomic mass is 10.1. The highest BCUT2D eigenvalue weighted by molar-refractivity contribution is 7.86. The van der Waals surface area contributed by atoms with Crippen LogP contribution in [0.2, 0.25) is 0 Å². The quantitative estimate of drug-likeness (QED) is 0.662. The van der Waals surface area contributed by atoms with Gasteiger partial charge in [0.05, 0.1) is 0 Å². The highest BCUT2D eigenvalue weighted by atomic mass is 32.2. The van der Waals surface area contributed by atoms with Crippen LogP contribution < -0.4 is 5.32 Å². The van der Waals surface area contributed by atoms with E-state index < -0.39 is 10.2 Å². The topological polar surface area (TPSA) is 90.0 Å². The van der Waals surface area contributed by atoms with Crippen LogP contribution in [-0.4, -0.2) is 79.1 Å². The first-order valence-electron chi connectivity index (χ1n) is 8.81. The predicted molar refractivity (Wildman–Crippen MR) is 94.9 cm³/mol. The summed E-state index contributed by atoms with van der Waals surface area (Å²) in [6.45, 7) is 7.54. The molecule has 8 nitrogen and oxygen atoms in total. The van der Waals surface area contributed by atoms with Crippen molar-refractivity contribution in [3.05, 3.63) is 12.7 Å². The molecule has 9 heteroatoms. The fraction of sp³-hybridized carbons (Fsp3) is 0.750. The summed E-state index contributed by atoms with van der Waals surface area (Å²) < 4.78 is 28.7. The number of hydrogen-bond donors (Lipinski definition) is 1. The van der Waals surface area contributed by atoms with Crippen molar-refractivity contribution in [2.75, 3.05) is 39.3 Å². The van der Waals surface area contributed by atoms with E-state index in [-0.39, 0.29) is 30.8 Å². The second-order valence-electron chi connectivity index (χ2n) is 6.49. The van der Waals surface area contributed by atoms with Crippen molar-refractivity contribution in [2.45, 2.75) is 38.6 Å². The first kappa shape index (κ1) is 19.9. The molecule has 0 radical (unpaired) electrons. The summed E-state index contributed by atoms with van der Waals surface area (Å²) in [5, 5.41) is 2.57. The Morgan fingerprint density at radius 3 is 2.44 bits per heavy atom. The minimum Gasteiger partial charge on any atom is -0.352 e. The number of carbonyl (C=O) groups excluding carboxylic acids is 2. The Kier molecular flexibility index (Phi) is 6.97. The Bertz CT molecular complexity index is 599. The smallest absolute Gasteiger partial charge is 0.282 e. The summed E-state index contributed by atoms with van der Waals surface area (Å²) in [5.74, 6) is -0.382. The first-order chi connectivity index (χ1) is 11.9. The van der Waals surface area contributed by atoms with E-state index >= 15 is 0 Å². The second-order valence-corrected chi connectivity index (χ2v) is 8.37. The summed E-state index contributed by atoms with van der Waals surface area (Å²) in [6.07, 6.45) is 4.23. The average Bonchev–Trinajstić information content (AvgIpc) is 2.61. The Labute approximate surface area is 150 Å². The SMILES string of the molecule is C=CC(=O)NCCC(=O)N1CCN(S(=O)(=O)N2CCCCC2C)CC1. The van der Waals surface area contributed by atoms with E-state index in [9.17, 15) is 18.0 Å². The minimum atomic E-state index is -3.45. The highest BCUT2D eigenvalue weighted by Crippen LogP contribution is 2.23. The molecule has 2 aliphatic heterocycles. The molecule has 0 spiro atoms. The lowest BCUT2D eigenvalue weighted by Crippen LogP contribution is -2.56. The molecule has 2 aliphatic rings. The maximum Gasteiger partial charge on any atom is 0.282 e. The zero-order chi connectivity index (χ0) is 18.4. The summed E-state index contributed by atoms with van der Waals surface area (Å²) >= 11 is 0. The van der Waals surface area contributed by atoms with Crippen LogP contribution in [0.5, 0.6) is 0 Å². The molecule has 1 unspecified atom stereocenters. The van der Waals surface area contributed by atoms with Gasteiger partial charge in [0, 0.05) is 51.7 Å². The Morgan fingerprint density at radius 2 is 1.84 bits per heavy atom. The zero-order valence-electron chi connectivity index (χ0n) is 14.8. The van der Waals surface area contributed by atoms with Gasteiger partial charge in [0.1, 0.15) is 0 Å². The van der Waals surface area contributed by atoms with Crippen molar-refractivity contribution < 1.29 is 18.0 Å². The Balaban J connectivity index is 1.83. The fourth-order valence-corrected chi connectivity index (χ4v) is 5.10. The van der Waals surface area contributed by atoms with Gasteiger partial charge >= 0.3 is 0 Å². The van der Waals surface area contributed by atoms with Gasteiger partial charge in [-0.15, -0.1) is 0 Å². The lowest BCUT2D eigenvalue weighted by Gasteiger charge is -2.40. The molecule has 1 N–H and O–H groups in total. The van der Waals surface area contributed by atoms with Gasteiger partial charge in [0.25, 0.3) is 10.2 Å². The molecule has 2 rings (SSSR count).